The third kappa shape index (κ3) is 7.91. The molecule has 2 heterocycles. The number of carboxylic acids is 1. The van der Waals surface area contributed by atoms with Crippen molar-refractivity contribution in [1.29, 1.82) is 0 Å². The molecule has 0 radical (unpaired) electrons. The first kappa shape index (κ1) is 27.9. The largest absolute Gasteiger partial charge is 0.497 e. The van der Waals surface area contributed by atoms with Crippen molar-refractivity contribution < 1.29 is 33.8 Å². The highest BCUT2D eigenvalue weighted by Gasteiger charge is 2.31. The zero-order valence-corrected chi connectivity index (χ0v) is 21.8. The normalized spacial score (nSPS) is 14.1. The predicted molar refractivity (Wildman–Crippen MR) is 137 cm³/mol. The fraction of sp³-hybridized carbons (Fsp3) is 0.480. The van der Waals surface area contributed by atoms with Crippen LogP contribution in [-0.4, -0.2) is 89.7 Å². The summed E-state index contributed by atoms with van der Waals surface area (Å²) in [7, 11) is 1.56. The van der Waals surface area contributed by atoms with Gasteiger partial charge in [0.05, 0.1) is 13.7 Å². The Kier molecular flexibility index (Phi) is 10.2. The maximum absolute atomic E-state index is 13.2. The van der Waals surface area contributed by atoms with Crippen molar-refractivity contribution in [3.8, 4) is 16.3 Å². The zero-order chi connectivity index (χ0) is 26.8. The minimum Gasteiger partial charge on any atom is -0.497 e. The molecule has 1 aliphatic rings. The summed E-state index contributed by atoms with van der Waals surface area (Å²) in [6, 6.07) is 6.24. The van der Waals surface area contributed by atoms with Crippen molar-refractivity contribution in [3.63, 3.8) is 0 Å². The van der Waals surface area contributed by atoms with Crippen molar-refractivity contribution in [1.82, 2.24) is 20.1 Å². The molecule has 37 heavy (non-hydrogen) atoms. The van der Waals surface area contributed by atoms with Gasteiger partial charge in [-0.2, -0.15) is 0 Å². The smallest absolute Gasteiger partial charge is 0.409 e. The van der Waals surface area contributed by atoms with E-state index in [4.69, 9.17) is 14.6 Å². The van der Waals surface area contributed by atoms with Crippen LogP contribution in [0.1, 0.15) is 43.1 Å². The quantitative estimate of drug-likeness (QED) is 0.421. The van der Waals surface area contributed by atoms with Gasteiger partial charge >= 0.3 is 12.1 Å². The minimum absolute atomic E-state index is 0.0634. The van der Waals surface area contributed by atoms with Crippen LogP contribution in [0.4, 0.5) is 4.79 Å². The van der Waals surface area contributed by atoms with E-state index in [1.807, 2.05) is 19.1 Å². The number of aliphatic carboxylic acids is 1. The van der Waals surface area contributed by atoms with Crippen LogP contribution >= 0.6 is 11.3 Å². The van der Waals surface area contributed by atoms with E-state index in [1.165, 1.54) is 16.2 Å². The van der Waals surface area contributed by atoms with Gasteiger partial charge in [0.2, 0.25) is 5.91 Å². The molecule has 1 aromatic heterocycles. The number of piperazine rings is 1. The molecule has 11 nitrogen and oxygen atoms in total. The summed E-state index contributed by atoms with van der Waals surface area (Å²) in [6.45, 7) is 3.48. The molecule has 1 atom stereocenters. The van der Waals surface area contributed by atoms with E-state index in [9.17, 15) is 19.2 Å². The van der Waals surface area contributed by atoms with Gasteiger partial charge < -0.3 is 29.7 Å². The minimum atomic E-state index is -1.07. The molecule has 200 valence electrons. The Balaban J connectivity index is 1.63. The average molecular weight is 533 g/mol. The molecule has 1 aliphatic heterocycles. The van der Waals surface area contributed by atoms with Crippen LogP contribution in [0.3, 0.4) is 0 Å². The first-order valence-electron chi connectivity index (χ1n) is 12.2. The number of aromatic nitrogens is 1. The second-order valence-electron chi connectivity index (χ2n) is 8.51. The highest BCUT2D eigenvalue weighted by atomic mass is 32.1. The lowest BCUT2D eigenvalue weighted by Crippen LogP contribution is -2.56. The fourth-order valence-corrected chi connectivity index (χ4v) is 4.55. The number of hydrogen-bond acceptors (Lipinski definition) is 8. The summed E-state index contributed by atoms with van der Waals surface area (Å²) >= 11 is 1.28. The number of thiazole rings is 1. The number of carboxylic acid groups (broad SMARTS) is 1. The number of amides is 3. The first-order chi connectivity index (χ1) is 17.8. The van der Waals surface area contributed by atoms with Crippen molar-refractivity contribution >= 4 is 35.2 Å². The van der Waals surface area contributed by atoms with Crippen LogP contribution in [0.25, 0.3) is 10.6 Å². The number of nitrogens with one attached hydrogen (secondary N) is 1. The molecule has 1 aromatic carbocycles. The van der Waals surface area contributed by atoms with Crippen LogP contribution in [0.15, 0.2) is 29.6 Å². The zero-order valence-electron chi connectivity index (χ0n) is 21.0. The first-order valence-corrected chi connectivity index (χ1v) is 13.0. The summed E-state index contributed by atoms with van der Waals surface area (Å²) in [4.78, 5) is 57.0. The van der Waals surface area contributed by atoms with E-state index in [-0.39, 0.29) is 31.6 Å². The van der Waals surface area contributed by atoms with E-state index in [0.29, 0.717) is 30.5 Å². The van der Waals surface area contributed by atoms with Gasteiger partial charge in [-0.3, -0.25) is 14.4 Å². The van der Waals surface area contributed by atoms with E-state index in [1.54, 1.807) is 29.5 Å². The summed E-state index contributed by atoms with van der Waals surface area (Å²) in [6.07, 6.45) is 0.947. The van der Waals surface area contributed by atoms with Gasteiger partial charge in [-0.1, -0.05) is 25.5 Å². The van der Waals surface area contributed by atoms with Gasteiger partial charge in [0.25, 0.3) is 5.91 Å². The highest BCUT2D eigenvalue weighted by Crippen LogP contribution is 2.27. The Bertz CT molecular complexity index is 1100. The van der Waals surface area contributed by atoms with Crippen LogP contribution in [0.2, 0.25) is 0 Å². The van der Waals surface area contributed by atoms with E-state index in [2.05, 4.69) is 10.3 Å². The van der Waals surface area contributed by atoms with Crippen LogP contribution in [0, 0.1) is 0 Å². The number of unbranched alkanes of at least 4 members (excludes halogenated alkanes) is 1. The monoisotopic (exact) mass is 532 g/mol. The summed E-state index contributed by atoms with van der Waals surface area (Å²) < 4.78 is 10.5. The number of hydrogen-bond donors (Lipinski definition) is 2. The Labute approximate surface area is 219 Å². The van der Waals surface area contributed by atoms with Gasteiger partial charge in [0.1, 0.15) is 22.5 Å². The summed E-state index contributed by atoms with van der Waals surface area (Å²) in [5, 5.41) is 14.0. The van der Waals surface area contributed by atoms with Gasteiger partial charge in [0.15, 0.2) is 0 Å². The Morgan fingerprint density at radius 1 is 1.16 bits per heavy atom. The standard InChI is InChI=1S/C25H32N4O7S/c1-3-4-14-36-25(34)29-12-10-28(11-13-29)24(33)19(8-9-21(30)31)26-22(32)20-16-37-23(27-20)17-6-5-7-18(15-17)35-2/h5-7,15-16,19H,3-4,8-14H2,1-2H3,(H,26,32)(H,30,31)/t19-/m0/s1. The van der Waals surface area contributed by atoms with Crippen molar-refractivity contribution in [2.45, 2.75) is 38.6 Å². The number of methoxy groups -OCH3 is 1. The highest BCUT2D eigenvalue weighted by molar-refractivity contribution is 7.13. The molecule has 0 unspecified atom stereocenters. The number of benzene rings is 1. The molecular formula is C25H32N4O7S. The van der Waals surface area contributed by atoms with E-state index < -0.39 is 29.9 Å². The molecule has 0 saturated carbocycles. The topological polar surface area (TPSA) is 138 Å². The van der Waals surface area contributed by atoms with Crippen molar-refractivity contribution in [2.75, 3.05) is 39.9 Å². The number of carbonyl (C=O) groups excluding carboxylic acids is 3. The molecular weight excluding hydrogens is 500 g/mol. The molecule has 0 spiro atoms. The predicted octanol–water partition coefficient (Wildman–Crippen LogP) is 2.86. The van der Waals surface area contributed by atoms with Gasteiger partial charge in [-0.05, 0) is 25.0 Å². The molecule has 0 aliphatic carbocycles. The maximum atomic E-state index is 13.2. The van der Waals surface area contributed by atoms with Crippen LogP contribution < -0.4 is 10.1 Å². The Hall–Kier alpha value is -3.67. The summed E-state index contributed by atoms with van der Waals surface area (Å²) in [5.41, 5.74) is 0.920. The number of nitrogens with zero attached hydrogens (tertiary/aromatic N) is 3. The number of carbonyl (C=O) groups is 4. The van der Waals surface area contributed by atoms with Crippen LogP contribution in [0.5, 0.6) is 5.75 Å². The Morgan fingerprint density at radius 3 is 2.57 bits per heavy atom. The lowest BCUT2D eigenvalue weighted by molar-refractivity contribution is -0.138. The van der Waals surface area contributed by atoms with E-state index >= 15 is 0 Å². The third-order valence-electron chi connectivity index (χ3n) is 5.88. The molecule has 3 rings (SSSR count). The maximum Gasteiger partial charge on any atom is 0.409 e. The van der Waals surface area contributed by atoms with Crippen molar-refractivity contribution in [2.24, 2.45) is 0 Å². The molecule has 3 amide bonds. The molecule has 2 N–H and O–H groups in total. The fourth-order valence-electron chi connectivity index (χ4n) is 3.75. The molecule has 1 fully saturated rings. The average Bonchev–Trinajstić information content (AvgIpc) is 3.41. The SMILES string of the molecule is CCCCOC(=O)N1CCN(C(=O)[C@H](CCC(=O)O)NC(=O)c2csc(-c3cccc(OC)c3)n2)CC1. The van der Waals surface area contributed by atoms with Crippen LogP contribution in [-0.2, 0) is 14.3 Å². The van der Waals surface area contributed by atoms with Gasteiger partial charge in [-0.25, -0.2) is 9.78 Å². The molecule has 0 bridgehead atoms. The lowest BCUT2D eigenvalue weighted by Gasteiger charge is -2.36. The lowest BCUT2D eigenvalue weighted by atomic mass is 10.1. The van der Waals surface area contributed by atoms with Gasteiger partial charge in [-0.15, -0.1) is 11.3 Å². The number of ether oxygens (including phenoxy) is 2. The molecule has 12 heteroatoms. The second kappa shape index (κ2) is 13.6. The van der Waals surface area contributed by atoms with Crippen molar-refractivity contribution in [3.05, 3.63) is 35.3 Å². The Morgan fingerprint density at radius 2 is 1.89 bits per heavy atom. The number of rotatable bonds is 11. The molecule has 2 aromatic rings. The van der Waals surface area contributed by atoms with E-state index in [0.717, 1.165) is 18.4 Å². The van der Waals surface area contributed by atoms with Gasteiger partial charge in [0, 0.05) is 43.5 Å². The molecule has 1 saturated heterocycles. The summed E-state index contributed by atoms with van der Waals surface area (Å²) in [5.74, 6) is -1.36. The second-order valence-corrected chi connectivity index (χ2v) is 9.37. The third-order valence-corrected chi connectivity index (χ3v) is 6.77.